The summed E-state index contributed by atoms with van der Waals surface area (Å²) >= 11 is 6.09. The van der Waals surface area contributed by atoms with Gasteiger partial charge in [-0.1, -0.05) is 29.8 Å². The Morgan fingerprint density at radius 3 is 2.70 bits per heavy atom. The fraction of sp³-hybridized carbons (Fsp3) is 0.250. The van der Waals surface area contributed by atoms with E-state index in [0.717, 1.165) is 11.9 Å². The number of fused-ring (bicyclic) bond motifs is 1. The third kappa shape index (κ3) is 4.46. The molecule has 3 N–H and O–H groups in total. The van der Waals surface area contributed by atoms with E-state index < -0.39 is 0 Å². The van der Waals surface area contributed by atoms with Gasteiger partial charge in [0.15, 0.2) is 0 Å². The molecule has 0 fully saturated rings. The fourth-order valence-electron chi connectivity index (χ4n) is 2.91. The summed E-state index contributed by atoms with van der Waals surface area (Å²) in [5.41, 5.74) is 2.93. The molecule has 1 amide bonds. The number of hydrogen-bond donors (Lipinski definition) is 3. The first kappa shape index (κ1) is 18.9. The Hall–Kier alpha value is -2.86. The number of benzene rings is 2. The molecule has 27 heavy (non-hydrogen) atoms. The number of carbonyl (C=O) groups is 1. The Morgan fingerprint density at radius 2 is 1.93 bits per heavy atom. The number of aromatic amines is 1. The first-order valence-electron chi connectivity index (χ1n) is 8.59. The van der Waals surface area contributed by atoms with Gasteiger partial charge in [-0.15, -0.1) is 0 Å². The largest absolute Gasteiger partial charge is 0.495 e. The molecule has 142 valence electrons. The molecule has 7 heteroatoms. The Bertz CT molecular complexity index is 939. The number of aromatic nitrogens is 1. The standard InChI is InChI=1S/C20H22ClN3O3/c1-26-18-10-17(19(27-2)9-15(18)21)24-12-20(25)22-8-7-13-11-23-16-6-4-3-5-14(13)16/h3-6,9-11,23-24H,7-8,12H2,1-2H3,(H,22,25). The van der Waals surface area contributed by atoms with Crippen molar-refractivity contribution < 1.29 is 14.3 Å². The van der Waals surface area contributed by atoms with Crippen LogP contribution in [0.15, 0.2) is 42.6 Å². The van der Waals surface area contributed by atoms with Crippen molar-refractivity contribution in [3.05, 3.63) is 53.2 Å². The second-order valence-electron chi connectivity index (χ2n) is 6.00. The van der Waals surface area contributed by atoms with Gasteiger partial charge in [-0.2, -0.15) is 0 Å². The molecule has 0 saturated heterocycles. The smallest absolute Gasteiger partial charge is 0.239 e. The Kier molecular flexibility index (Phi) is 6.08. The van der Waals surface area contributed by atoms with Gasteiger partial charge in [-0.05, 0) is 18.1 Å². The summed E-state index contributed by atoms with van der Waals surface area (Å²) in [7, 11) is 3.08. The number of amides is 1. The third-order valence-corrected chi connectivity index (χ3v) is 4.60. The predicted molar refractivity (Wildman–Crippen MR) is 108 cm³/mol. The van der Waals surface area contributed by atoms with Crippen molar-refractivity contribution in [2.45, 2.75) is 6.42 Å². The van der Waals surface area contributed by atoms with Crippen LogP contribution in [0.1, 0.15) is 5.56 Å². The average molecular weight is 388 g/mol. The quantitative estimate of drug-likeness (QED) is 0.552. The normalized spacial score (nSPS) is 10.6. The minimum absolute atomic E-state index is 0.106. The van der Waals surface area contributed by atoms with E-state index >= 15 is 0 Å². The van der Waals surface area contributed by atoms with Gasteiger partial charge in [0.05, 0.1) is 31.5 Å². The predicted octanol–water partition coefficient (Wildman–Crippen LogP) is 3.61. The van der Waals surface area contributed by atoms with Crippen LogP contribution in [0.4, 0.5) is 5.69 Å². The fourth-order valence-corrected chi connectivity index (χ4v) is 3.14. The van der Waals surface area contributed by atoms with E-state index in [1.54, 1.807) is 19.2 Å². The zero-order valence-corrected chi connectivity index (χ0v) is 16.0. The van der Waals surface area contributed by atoms with Crippen LogP contribution in [0.2, 0.25) is 5.02 Å². The number of halogens is 1. The van der Waals surface area contributed by atoms with Crippen molar-refractivity contribution in [1.82, 2.24) is 10.3 Å². The van der Waals surface area contributed by atoms with E-state index in [0.29, 0.717) is 28.8 Å². The Morgan fingerprint density at radius 1 is 1.15 bits per heavy atom. The van der Waals surface area contributed by atoms with Crippen LogP contribution < -0.4 is 20.1 Å². The molecule has 0 spiro atoms. The average Bonchev–Trinajstić information content (AvgIpc) is 3.10. The third-order valence-electron chi connectivity index (χ3n) is 4.30. The highest BCUT2D eigenvalue weighted by atomic mass is 35.5. The molecule has 6 nitrogen and oxygen atoms in total. The lowest BCUT2D eigenvalue weighted by Gasteiger charge is -2.14. The number of hydrogen-bond acceptors (Lipinski definition) is 4. The molecule has 3 aromatic rings. The lowest BCUT2D eigenvalue weighted by molar-refractivity contribution is -0.119. The molecule has 2 aromatic carbocycles. The molecule has 0 aliphatic rings. The summed E-state index contributed by atoms with van der Waals surface area (Å²) in [6.45, 7) is 0.679. The molecular weight excluding hydrogens is 366 g/mol. The van der Waals surface area contributed by atoms with Crippen LogP contribution in [0.3, 0.4) is 0 Å². The van der Waals surface area contributed by atoms with E-state index in [-0.39, 0.29) is 12.5 Å². The Labute approximate surface area is 162 Å². The van der Waals surface area contributed by atoms with Crippen molar-refractivity contribution in [3.63, 3.8) is 0 Å². The van der Waals surface area contributed by atoms with Gasteiger partial charge in [-0.3, -0.25) is 4.79 Å². The summed E-state index contributed by atoms with van der Waals surface area (Å²) in [5.74, 6) is 0.956. The highest BCUT2D eigenvalue weighted by Crippen LogP contribution is 2.35. The van der Waals surface area contributed by atoms with Crippen LogP contribution in [0.25, 0.3) is 10.9 Å². The highest BCUT2D eigenvalue weighted by molar-refractivity contribution is 6.32. The number of carbonyl (C=O) groups excluding carboxylic acids is 1. The van der Waals surface area contributed by atoms with Crippen molar-refractivity contribution in [1.29, 1.82) is 0 Å². The summed E-state index contributed by atoms with van der Waals surface area (Å²) in [5, 5.41) is 7.61. The van der Waals surface area contributed by atoms with Crippen molar-refractivity contribution in [2.24, 2.45) is 0 Å². The zero-order valence-electron chi connectivity index (χ0n) is 15.3. The van der Waals surface area contributed by atoms with E-state index in [4.69, 9.17) is 21.1 Å². The van der Waals surface area contributed by atoms with Crippen LogP contribution in [0.5, 0.6) is 11.5 Å². The topological polar surface area (TPSA) is 75.4 Å². The number of rotatable bonds is 8. The molecule has 3 rings (SSSR count). The van der Waals surface area contributed by atoms with Gasteiger partial charge in [0.2, 0.25) is 5.91 Å². The molecule has 0 atom stereocenters. The molecule has 0 aliphatic carbocycles. The summed E-state index contributed by atoms with van der Waals surface area (Å²) < 4.78 is 10.5. The number of methoxy groups -OCH3 is 2. The second kappa shape index (κ2) is 8.68. The van der Waals surface area contributed by atoms with Crippen LogP contribution >= 0.6 is 11.6 Å². The lowest BCUT2D eigenvalue weighted by Crippen LogP contribution is -2.31. The van der Waals surface area contributed by atoms with Gasteiger partial charge in [0, 0.05) is 35.8 Å². The van der Waals surface area contributed by atoms with E-state index in [1.165, 1.54) is 18.1 Å². The second-order valence-corrected chi connectivity index (χ2v) is 6.41. The number of para-hydroxylation sites is 1. The maximum absolute atomic E-state index is 12.1. The molecule has 0 unspecified atom stereocenters. The first-order valence-corrected chi connectivity index (χ1v) is 8.97. The maximum Gasteiger partial charge on any atom is 0.239 e. The number of anilines is 1. The van der Waals surface area contributed by atoms with Crippen molar-refractivity contribution in [3.8, 4) is 11.5 Å². The van der Waals surface area contributed by atoms with Crippen LogP contribution in [-0.4, -0.2) is 38.2 Å². The number of H-pyrrole nitrogens is 1. The van der Waals surface area contributed by atoms with Gasteiger partial charge in [-0.25, -0.2) is 0 Å². The number of ether oxygens (including phenoxy) is 2. The SMILES string of the molecule is COc1cc(NCC(=O)NCCc2c[nH]c3ccccc23)c(OC)cc1Cl. The minimum atomic E-state index is -0.106. The molecule has 1 heterocycles. The van der Waals surface area contributed by atoms with Gasteiger partial charge >= 0.3 is 0 Å². The van der Waals surface area contributed by atoms with Crippen molar-refractivity contribution in [2.75, 3.05) is 32.6 Å². The zero-order chi connectivity index (χ0) is 19.2. The molecule has 0 saturated carbocycles. The van der Waals surface area contributed by atoms with Crippen LogP contribution in [-0.2, 0) is 11.2 Å². The summed E-state index contributed by atoms with van der Waals surface area (Å²) in [6, 6.07) is 11.5. The Balaban J connectivity index is 1.53. The monoisotopic (exact) mass is 387 g/mol. The van der Waals surface area contributed by atoms with Gasteiger partial charge < -0.3 is 25.1 Å². The number of nitrogens with one attached hydrogen (secondary N) is 3. The summed E-state index contributed by atoms with van der Waals surface area (Å²) in [6.07, 6.45) is 2.74. The molecule has 0 aliphatic heterocycles. The molecule has 0 radical (unpaired) electrons. The molecule has 0 bridgehead atoms. The van der Waals surface area contributed by atoms with E-state index in [2.05, 4.69) is 21.7 Å². The lowest BCUT2D eigenvalue weighted by atomic mass is 10.1. The summed E-state index contributed by atoms with van der Waals surface area (Å²) in [4.78, 5) is 15.4. The maximum atomic E-state index is 12.1. The molecular formula is C20H22ClN3O3. The van der Waals surface area contributed by atoms with Crippen molar-refractivity contribution >= 4 is 34.1 Å². The van der Waals surface area contributed by atoms with E-state index in [1.807, 2.05) is 24.4 Å². The highest BCUT2D eigenvalue weighted by Gasteiger charge is 2.11. The van der Waals surface area contributed by atoms with E-state index in [9.17, 15) is 4.79 Å². The minimum Gasteiger partial charge on any atom is -0.495 e. The molecule has 1 aromatic heterocycles. The first-order chi connectivity index (χ1) is 13.1. The van der Waals surface area contributed by atoms with Crippen LogP contribution in [0, 0.1) is 0 Å². The van der Waals surface area contributed by atoms with Gasteiger partial charge in [0.25, 0.3) is 0 Å². The van der Waals surface area contributed by atoms with Gasteiger partial charge in [0.1, 0.15) is 11.5 Å².